The SMILES string of the molecule is COc1ccc(N(C(=O)Cn2c(-c3ccc(C)cc3)n[nH]c2=S)C(C)C2CC2)cc1. The molecule has 0 spiro atoms. The summed E-state index contributed by atoms with van der Waals surface area (Å²) < 4.78 is 7.48. The molecule has 3 aromatic rings. The van der Waals surface area contributed by atoms with E-state index in [1.807, 2.05) is 60.4 Å². The molecule has 4 rings (SSSR count). The van der Waals surface area contributed by atoms with Crippen LogP contribution in [0.25, 0.3) is 11.4 Å². The van der Waals surface area contributed by atoms with Crippen molar-refractivity contribution in [2.75, 3.05) is 12.0 Å². The number of hydrogen-bond acceptors (Lipinski definition) is 4. The summed E-state index contributed by atoms with van der Waals surface area (Å²) in [5, 5.41) is 7.22. The number of ether oxygens (including phenoxy) is 1. The number of anilines is 1. The van der Waals surface area contributed by atoms with Crippen molar-refractivity contribution < 1.29 is 9.53 Å². The third-order valence-electron chi connectivity index (χ3n) is 5.69. The highest BCUT2D eigenvalue weighted by Gasteiger charge is 2.35. The van der Waals surface area contributed by atoms with E-state index in [0.717, 1.165) is 29.8 Å². The second kappa shape index (κ2) is 8.44. The first-order chi connectivity index (χ1) is 14.5. The van der Waals surface area contributed by atoms with Crippen molar-refractivity contribution in [2.24, 2.45) is 5.92 Å². The van der Waals surface area contributed by atoms with Crippen molar-refractivity contribution in [3.63, 3.8) is 0 Å². The lowest BCUT2D eigenvalue weighted by atomic mass is 10.1. The van der Waals surface area contributed by atoms with Crippen LogP contribution in [-0.2, 0) is 11.3 Å². The second-order valence-electron chi connectivity index (χ2n) is 7.84. The molecule has 1 aliphatic carbocycles. The van der Waals surface area contributed by atoms with Gasteiger partial charge >= 0.3 is 0 Å². The third kappa shape index (κ3) is 4.16. The van der Waals surface area contributed by atoms with Crippen molar-refractivity contribution >= 4 is 23.8 Å². The Balaban J connectivity index is 1.65. The van der Waals surface area contributed by atoms with Crippen molar-refractivity contribution in [1.29, 1.82) is 0 Å². The molecule has 0 saturated heterocycles. The van der Waals surface area contributed by atoms with Gasteiger partial charge in [0, 0.05) is 17.3 Å². The summed E-state index contributed by atoms with van der Waals surface area (Å²) in [6.45, 7) is 4.29. The molecule has 0 radical (unpaired) electrons. The number of methoxy groups -OCH3 is 1. The van der Waals surface area contributed by atoms with Gasteiger partial charge in [-0.15, -0.1) is 0 Å². The highest BCUT2D eigenvalue weighted by Crippen LogP contribution is 2.37. The van der Waals surface area contributed by atoms with Crippen LogP contribution in [0, 0.1) is 17.6 Å². The van der Waals surface area contributed by atoms with E-state index in [9.17, 15) is 4.79 Å². The Bertz CT molecular complexity index is 1080. The maximum absolute atomic E-state index is 13.5. The van der Waals surface area contributed by atoms with Crippen LogP contribution in [0.5, 0.6) is 5.75 Å². The maximum atomic E-state index is 13.5. The van der Waals surface area contributed by atoms with Gasteiger partial charge in [-0.1, -0.05) is 29.8 Å². The van der Waals surface area contributed by atoms with Gasteiger partial charge in [0.25, 0.3) is 0 Å². The normalized spacial score (nSPS) is 14.4. The van der Waals surface area contributed by atoms with Gasteiger partial charge < -0.3 is 9.64 Å². The molecule has 7 heteroatoms. The van der Waals surface area contributed by atoms with Crippen molar-refractivity contribution in [2.45, 2.75) is 39.3 Å². The topological polar surface area (TPSA) is 63.1 Å². The van der Waals surface area contributed by atoms with Gasteiger partial charge in [-0.05, 0) is 69.1 Å². The van der Waals surface area contributed by atoms with E-state index in [1.165, 1.54) is 5.56 Å². The highest BCUT2D eigenvalue weighted by atomic mass is 32.1. The molecule has 1 amide bonds. The predicted molar refractivity (Wildman–Crippen MR) is 120 cm³/mol. The minimum Gasteiger partial charge on any atom is -0.497 e. The number of H-pyrrole nitrogens is 1. The maximum Gasteiger partial charge on any atom is 0.247 e. The molecule has 2 aromatic carbocycles. The fraction of sp³-hybridized carbons (Fsp3) is 0.348. The van der Waals surface area contributed by atoms with Crippen LogP contribution in [0.3, 0.4) is 0 Å². The van der Waals surface area contributed by atoms with Crippen LogP contribution in [0.4, 0.5) is 5.69 Å². The molecule has 1 unspecified atom stereocenters. The van der Waals surface area contributed by atoms with Gasteiger partial charge in [0.15, 0.2) is 10.6 Å². The van der Waals surface area contributed by atoms with Gasteiger partial charge in [-0.25, -0.2) is 0 Å². The van der Waals surface area contributed by atoms with Crippen molar-refractivity contribution in [3.8, 4) is 17.1 Å². The Morgan fingerprint density at radius 3 is 2.50 bits per heavy atom. The average Bonchev–Trinajstić information content (AvgIpc) is 3.54. The Labute approximate surface area is 181 Å². The molecule has 1 aliphatic rings. The number of aryl methyl sites for hydroxylation is 1. The zero-order chi connectivity index (χ0) is 21.3. The number of hydrogen-bond donors (Lipinski definition) is 1. The molecular formula is C23H26N4O2S. The van der Waals surface area contributed by atoms with Gasteiger partial charge in [-0.3, -0.25) is 14.5 Å². The van der Waals surface area contributed by atoms with Crippen LogP contribution in [0.2, 0.25) is 0 Å². The summed E-state index contributed by atoms with van der Waals surface area (Å²) in [6.07, 6.45) is 2.31. The summed E-state index contributed by atoms with van der Waals surface area (Å²) in [5.41, 5.74) is 2.96. The van der Waals surface area contributed by atoms with E-state index < -0.39 is 0 Å². The van der Waals surface area contributed by atoms with Crippen LogP contribution in [0.1, 0.15) is 25.3 Å². The first kappa shape index (κ1) is 20.3. The molecule has 156 valence electrons. The molecule has 0 aliphatic heterocycles. The lowest BCUT2D eigenvalue weighted by Crippen LogP contribution is -2.42. The molecule has 0 bridgehead atoms. The number of aromatic nitrogens is 3. The summed E-state index contributed by atoms with van der Waals surface area (Å²) in [5.74, 6) is 1.96. The number of nitrogens with one attached hydrogen (secondary N) is 1. The molecule has 1 N–H and O–H groups in total. The van der Waals surface area contributed by atoms with Gasteiger partial charge in [0.1, 0.15) is 12.3 Å². The van der Waals surface area contributed by atoms with Crippen molar-refractivity contribution in [3.05, 3.63) is 58.9 Å². The zero-order valence-electron chi connectivity index (χ0n) is 17.5. The second-order valence-corrected chi connectivity index (χ2v) is 8.23. The minimum absolute atomic E-state index is 0.00886. The number of amides is 1. The first-order valence-corrected chi connectivity index (χ1v) is 10.6. The number of benzene rings is 2. The van der Waals surface area contributed by atoms with Gasteiger partial charge in [-0.2, -0.15) is 5.10 Å². The molecule has 1 heterocycles. The van der Waals surface area contributed by atoms with Crippen LogP contribution in [0.15, 0.2) is 48.5 Å². The zero-order valence-corrected chi connectivity index (χ0v) is 18.3. The smallest absolute Gasteiger partial charge is 0.247 e. The number of carbonyl (C=O) groups excluding carboxylic acids is 1. The number of nitrogens with zero attached hydrogens (tertiary/aromatic N) is 3. The number of carbonyl (C=O) groups is 1. The molecule has 1 saturated carbocycles. The quantitative estimate of drug-likeness (QED) is 0.558. The summed E-state index contributed by atoms with van der Waals surface area (Å²) in [4.78, 5) is 15.4. The van der Waals surface area contributed by atoms with E-state index in [2.05, 4.69) is 17.1 Å². The summed E-state index contributed by atoms with van der Waals surface area (Å²) >= 11 is 5.44. The Morgan fingerprint density at radius 1 is 1.23 bits per heavy atom. The predicted octanol–water partition coefficient (Wildman–Crippen LogP) is 4.76. The fourth-order valence-electron chi connectivity index (χ4n) is 3.74. The lowest BCUT2D eigenvalue weighted by molar-refractivity contribution is -0.119. The number of aromatic amines is 1. The van der Waals surface area contributed by atoms with Gasteiger partial charge in [0.05, 0.1) is 7.11 Å². The van der Waals surface area contributed by atoms with E-state index >= 15 is 0 Å². The molecule has 1 atom stereocenters. The van der Waals surface area contributed by atoms with Crippen LogP contribution >= 0.6 is 12.2 Å². The Kier molecular flexibility index (Phi) is 5.72. The van der Waals surface area contributed by atoms with E-state index in [4.69, 9.17) is 17.0 Å². The Morgan fingerprint density at radius 2 is 1.90 bits per heavy atom. The Hall–Kier alpha value is -2.93. The first-order valence-electron chi connectivity index (χ1n) is 10.2. The van der Waals surface area contributed by atoms with Crippen LogP contribution in [-0.4, -0.2) is 33.8 Å². The standard InChI is InChI=1S/C23H26N4O2S/c1-15-4-6-18(7-5-15)22-24-25-23(30)26(22)14-21(28)27(16(2)17-8-9-17)19-10-12-20(29-3)13-11-19/h4-7,10-13,16-17H,8-9,14H2,1-3H3,(H,25,30). The molecule has 1 aromatic heterocycles. The largest absolute Gasteiger partial charge is 0.497 e. The minimum atomic E-state index is -0.00886. The fourth-order valence-corrected chi connectivity index (χ4v) is 3.93. The summed E-state index contributed by atoms with van der Waals surface area (Å²) in [7, 11) is 1.64. The molecule has 6 nitrogen and oxygen atoms in total. The van der Waals surface area contributed by atoms with Crippen molar-refractivity contribution in [1.82, 2.24) is 14.8 Å². The number of rotatable bonds is 7. The molecule has 30 heavy (non-hydrogen) atoms. The monoisotopic (exact) mass is 422 g/mol. The van der Waals surface area contributed by atoms with E-state index in [1.54, 1.807) is 11.7 Å². The van der Waals surface area contributed by atoms with Crippen LogP contribution < -0.4 is 9.64 Å². The lowest BCUT2D eigenvalue weighted by Gasteiger charge is -2.30. The average molecular weight is 423 g/mol. The third-order valence-corrected chi connectivity index (χ3v) is 6.00. The highest BCUT2D eigenvalue weighted by molar-refractivity contribution is 7.71. The molecule has 1 fully saturated rings. The van der Waals surface area contributed by atoms with Gasteiger partial charge in [0.2, 0.25) is 5.91 Å². The van der Waals surface area contributed by atoms with E-state index in [0.29, 0.717) is 16.5 Å². The molecular weight excluding hydrogens is 396 g/mol. The summed E-state index contributed by atoms with van der Waals surface area (Å²) in [6, 6.07) is 15.8. The van der Waals surface area contributed by atoms with E-state index in [-0.39, 0.29) is 18.5 Å².